The number of hydrogen-bond acceptors (Lipinski definition) is 3. The standard InChI is InChI=1S/C9H4ClN3/c10-9-12-7-5-3-1-2-4-6(5)8(11-7)13-9/h1-4H. The molecule has 1 aliphatic rings. The minimum Gasteiger partial charge on any atom is -0.208 e. The number of aromatic nitrogens is 3. The third-order valence-corrected chi connectivity index (χ3v) is 2.19. The molecule has 0 aliphatic carbocycles. The van der Waals surface area contributed by atoms with Crippen molar-refractivity contribution >= 4 is 11.6 Å². The van der Waals surface area contributed by atoms with Gasteiger partial charge in [0.15, 0.2) is 11.6 Å². The van der Waals surface area contributed by atoms with Crippen LogP contribution < -0.4 is 0 Å². The van der Waals surface area contributed by atoms with Gasteiger partial charge in [-0.1, -0.05) is 24.3 Å². The lowest BCUT2D eigenvalue weighted by molar-refractivity contribution is 1.10. The Morgan fingerprint density at radius 2 is 1.38 bits per heavy atom. The molecule has 0 N–H and O–H groups in total. The highest BCUT2D eigenvalue weighted by atomic mass is 35.5. The van der Waals surface area contributed by atoms with Crippen molar-refractivity contribution in [3.05, 3.63) is 29.5 Å². The minimum absolute atomic E-state index is 0.260. The zero-order valence-corrected chi connectivity index (χ0v) is 7.28. The van der Waals surface area contributed by atoms with E-state index >= 15 is 0 Å². The van der Waals surface area contributed by atoms with Gasteiger partial charge in [0.05, 0.1) is 0 Å². The van der Waals surface area contributed by atoms with Gasteiger partial charge in [-0.05, 0) is 11.6 Å². The smallest absolute Gasteiger partial charge is 0.208 e. The molecule has 2 aromatic rings. The third kappa shape index (κ3) is 0.876. The molecule has 0 amide bonds. The number of nitrogens with zero attached hydrogens (tertiary/aromatic N) is 3. The molecule has 4 heteroatoms. The number of hydrogen-bond donors (Lipinski definition) is 0. The van der Waals surface area contributed by atoms with Crippen LogP contribution in [0.25, 0.3) is 22.8 Å². The second kappa shape index (κ2) is 2.26. The van der Waals surface area contributed by atoms with E-state index in [1.807, 2.05) is 24.3 Å². The van der Waals surface area contributed by atoms with Gasteiger partial charge in [-0.2, -0.15) is 9.97 Å². The molecular formula is C9H4ClN3. The van der Waals surface area contributed by atoms with E-state index in [0.717, 1.165) is 11.1 Å². The maximum absolute atomic E-state index is 5.72. The van der Waals surface area contributed by atoms with Gasteiger partial charge >= 0.3 is 0 Å². The lowest BCUT2D eigenvalue weighted by atomic mass is 10.1. The first-order chi connectivity index (χ1) is 6.34. The van der Waals surface area contributed by atoms with Crippen molar-refractivity contribution in [3.63, 3.8) is 0 Å². The Balaban J connectivity index is 2.43. The molecule has 0 spiro atoms. The summed E-state index contributed by atoms with van der Waals surface area (Å²) >= 11 is 5.72. The normalized spacial score (nSPS) is 11.5. The van der Waals surface area contributed by atoms with E-state index in [1.165, 1.54) is 0 Å². The summed E-state index contributed by atoms with van der Waals surface area (Å²) in [7, 11) is 0. The highest BCUT2D eigenvalue weighted by Crippen LogP contribution is 2.34. The summed E-state index contributed by atoms with van der Waals surface area (Å²) in [5.41, 5.74) is 2.02. The van der Waals surface area contributed by atoms with Crippen LogP contribution in [0.15, 0.2) is 24.3 Å². The summed E-state index contributed by atoms with van der Waals surface area (Å²) in [6.45, 7) is 0. The van der Waals surface area contributed by atoms with Crippen LogP contribution in [-0.4, -0.2) is 15.0 Å². The van der Waals surface area contributed by atoms with Gasteiger partial charge in [0.1, 0.15) is 0 Å². The highest BCUT2D eigenvalue weighted by molar-refractivity contribution is 6.28. The molecule has 62 valence electrons. The molecule has 2 bridgehead atoms. The molecule has 0 unspecified atom stereocenters. The SMILES string of the molecule is Clc1nc2nc(n1)-c1ccccc1-2. The molecule has 1 aliphatic heterocycles. The topological polar surface area (TPSA) is 38.7 Å². The molecule has 0 radical (unpaired) electrons. The second-order valence-corrected chi connectivity index (χ2v) is 3.14. The summed E-state index contributed by atoms with van der Waals surface area (Å²) in [6.07, 6.45) is 0. The Hall–Kier alpha value is -1.48. The third-order valence-electron chi connectivity index (χ3n) is 2.02. The zero-order chi connectivity index (χ0) is 8.84. The van der Waals surface area contributed by atoms with Crippen molar-refractivity contribution in [1.29, 1.82) is 0 Å². The van der Waals surface area contributed by atoms with Crippen molar-refractivity contribution < 1.29 is 0 Å². The number of fused-ring (bicyclic) bond motifs is 5. The van der Waals surface area contributed by atoms with Crippen LogP contribution in [0.3, 0.4) is 0 Å². The van der Waals surface area contributed by atoms with Crippen molar-refractivity contribution in [2.45, 2.75) is 0 Å². The van der Waals surface area contributed by atoms with E-state index in [-0.39, 0.29) is 5.28 Å². The predicted molar refractivity (Wildman–Crippen MR) is 49.3 cm³/mol. The average molecular weight is 190 g/mol. The van der Waals surface area contributed by atoms with Crippen molar-refractivity contribution in [1.82, 2.24) is 15.0 Å². The van der Waals surface area contributed by atoms with E-state index < -0.39 is 0 Å². The first-order valence-electron chi connectivity index (χ1n) is 3.86. The molecule has 3 rings (SSSR count). The van der Waals surface area contributed by atoms with Crippen molar-refractivity contribution in [2.24, 2.45) is 0 Å². The van der Waals surface area contributed by atoms with E-state index in [0.29, 0.717) is 11.6 Å². The zero-order valence-electron chi connectivity index (χ0n) is 6.53. The Labute approximate surface area is 79.4 Å². The summed E-state index contributed by atoms with van der Waals surface area (Å²) < 4.78 is 0. The Bertz CT molecular complexity index is 455. The predicted octanol–water partition coefficient (Wildman–Crippen LogP) is 2.17. The molecule has 0 saturated heterocycles. The van der Waals surface area contributed by atoms with Crippen LogP contribution in [0, 0.1) is 0 Å². The molecule has 0 saturated carbocycles. The maximum atomic E-state index is 5.72. The fourth-order valence-corrected chi connectivity index (χ4v) is 1.62. The molecule has 0 atom stereocenters. The first kappa shape index (κ1) is 6.97. The molecule has 1 aromatic carbocycles. The highest BCUT2D eigenvalue weighted by Gasteiger charge is 2.20. The molecule has 0 fully saturated rings. The van der Waals surface area contributed by atoms with Crippen LogP contribution in [-0.2, 0) is 0 Å². The average Bonchev–Trinajstić information content (AvgIpc) is 2.41. The summed E-state index contributed by atoms with van der Waals surface area (Å²) in [4.78, 5) is 12.3. The van der Waals surface area contributed by atoms with E-state index in [9.17, 15) is 0 Å². The van der Waals surface area contributed by atoms with E-state index in [4.69, 9.17) is 11.6 Å². The van der Waals surface area contributed by atoms with Gasteiger partial charge in [-0.3, -0.25) is 0 Å². The molecule has 3 nitrogen and oxygen atoms in total. The number of rotatable bonds is 0. The summed E-state index contributed by atoms with van der Waals surface area (Å²) in [5, 5.41) is 0.260. The molecule has 1 aromatic heterocycles. The number of benzene rings is 1. The molecule has 13 heavy (non-hydrogen) atoms. The van der Waals surface area contributed by atoms with Gasteiger partial charge in [0, 0.05) is 11.1 Å². The Kier molecular flexibility index (Phi) is 1.21. The second-order valence-electron chi connectivity index (χ2n) is 2.80. The lowest BCUT2D eigenvalue weighted by Crippen LogP contribution is -1.86. The molecular weight excluding hydrogens is 186 g/mol. The monoisotopic (exact) mass is 189 g/mol. The largest absolute Gasteiger partial charge is 0.226 e. The fourth-order valence-electron chi connectivity index (χ4n) is 1.46. The van der Waals surface area contributed by atoms with Crippen LogP contribution in [0.4, 0.5) is 0 Å². The minimum atomic E-state index is 0.260. The maximum Gasteiger partial charge on any atom is 0.226 e. The van der Waals surface area contributed by atoms with E-state index in [1.54, 1.807) is 0 Å². The van der Waals surface area contributed by atoms with Crippen LogP contribution >= 0.6 is 11.6 Å². The summed E-state index contributed by atoms with van der Waals surface area (Å²) in [5.74, 6) is 1.34. The van der Waals surface area contributed by atoms with Gasteiger partial charge in [0.25, 0.3) is 0 Å². The Morgan fingerprint density at radius 1 is 0.846 bits per heavy atom. The van der Waals surface area contributed by atoms with Gasteiger partial charge in [-0.15, -0.1) is 0 Å². The van der Waals surface area contributed by atoms with Gasteiger partial charge in [0.2, 0.25) is 5.28 Å². The molecule has 2 heterocycles. The van der Waals surface area contributed by atoms with Crippen molar-refractivity contribution in [2.75, 3.05) is 0 Å². The first-order valence-corrected chi connectivity index (χ1v) is 4.24. The van der Waals surface area contributed by atoms with Gasteiger partial charge < -0.3 is 0 Å². The van der Waals surface area contributed by atoms with Crippen LogP contribution in [0.2, 0.25) is 5.28 Å². The van der Waals surface area contributed by atoms with Crippen molar-refractivity contribution in [3.8, 4) is 22.8 Å². The quantitative estimate of drug-likeness (QED) is 0.544. The van der Waals surface area contributed by atoms with Crippen LogP contribution in [0.1, 0.15) is 0 Å². The van der Waals surface area contributed by atoms with Gasteiger partial charge in [-0.25, -0.2) is 4.98 Å². The lowest BCUT2D eigenvalue weighted by Gasteiger charge is -1.92. The van der Waals surface area contributed by atoms with Crippen LogP contribution in [0.5, 0.6) is 0 Å². The fraction of sp³-hybridized carbons (Fsp3) is 0. The number of halogens is 1. The van der Waals surface area contributed by atoms with E-state index in [2.05, 4.69) is 15.0 Å². The Morgan fingerprint density at radius 3 is 1.92 bits per heavy atom. The summed E-state index contributed by atoms with van der Waals surface area (Å²) in [6, 6.07) is 7.84.